The normalized spacial score (nSPS) is 16.7. The topological polar surface area (TPSA) is 28.3 Å². The van der Waals surface area contributed by atoms with Crippen molar-refractivity contribution in [3.8, 4) is 5.75 Å². The van der Waals surface area contributed by atoms with Gasteiger partial charge < -0.3 is 9.72 Å². The molecule has 0 saturated heterocycles. The molecule has 1 aromatic heterocycles. The summed E-state index contributed by atoms with van der Waals surface area (Å²) < 4.78 is 19.2. The Labute approximate surface area is 160 Å². The summed E-state index contributed by atoms with van der Waals surface area (Å²) in [5, 5.41) is 1.00. The number of H-pyrrole nitrogens is 1. The number of halogens is 1. The fraction of sp³-hybridized carbons (Fsp3) is 0.391. The van der Waals surface area contributed by atoms with Gasteiger partial charge in [-0.25, -0.2) is 4.39 Å². The Balaban J connectivity index is 1.48. The van der Waals surface area contributed by atoms with E-state index in [-0.39, 0.29) is 5.82 Å². The lowest BCUT2D eigenvalue weighted by Crippen LogP contribution is -2.40. The molecule has 0 amide bonds. The second kappa shape index (κ2) is 7.73. The van der Waals surface area contributed by atoms with E-state index in [2.05, 4.69) is 35.0 Å². The minimum Gasteiger partial charge on any atom is -0.496 e. The van der Waals surface area contributed by atoms with Crippen LogP contribution in [0.1, 0.15) is 30.0 Å². The molecule has 0 bridgehead atoms. The molecule has 1 atom stereocenters. The monoisotopic (exact) mass is 366 g/mol. The molecule has 0 aliphatic heterocycles. The third kappa shape index (κ3) is 3.59. The maximum absolute atomic E-state index is 13.6. The number of methoxy groups -OCH3 is 1. The zero-order valence-corrected chi connectivity index (χ0v) is 16.1. The molecule has 1 unspecified atom stereocenters. The van der Waals surface area contributed by atoms with Gasteiger partial charge >= 0.3 is 0 Å². The Bertz CT molecular complexity index is 919. The van der Waals surface area contributed by atoms with E-state index in [9.17, 15) is 4.39 Å². The number of benzene rings is 2. The highest BCUT2D eigenvalue weighted by molar-refractivity contribution is 5.83. The molecule has 27 heavy (non-hydrogen) atoms. The first-order chi connectivity index (χ1) is 13.2. The first-order valence-electron chi connectivity index (χ1n) is 9.84. The summed E-state index contributed by atoms with van der Waals surface area (Å²) in [5.41, 5.74) is 4.99. The number of aromatic amines is 1. The first-order valence-corrected chi connectivity index (χ1v) is 9.84. The lowest BCUT2D eigenvalue weighted by atomic mass is 9.86. The number of ether oxygens (including phenoxy) is 1. The van der Waals surface area contributed by atoms with Gasteiger partial charge in [0.25, 0.3) is 0 Å². The van der Waals surface area contributed by atoms with Crippen LogP contribution in [0.4, 0.5) is 4.39 Å². The third-order valence-electron chi connectivity index (χ3n) is 5.96. The van der Waals surface area contributed by atoms with Crippen molar-refractivity contribution < 1.29 is 9.13 Å². The van der Waals surface area contributed by atoms with Crippen LogP contribution >= 0.6 is 0 Å². The van der Waals surface area contributed by atoms with Crippen molar-refractivity contribution in [2.45, 2.75) is 38.6 Å². The molecule has 1 heterocycles. The van der Waals surface area contributed by atoms with E-state index in [1.165, 1.54) is 29.2 Å². The third-order valence-corrected chi connectivity index (χ3v) is 5.96. The van der Waals surface area contributed by atoms with Crippen molar-refractivity contribution in [3.05, 3.63) is 65.1 Å². The molecule has 4 rings (SSSR count). The van der Waals surface area contributed by atoms with Crippen LogP contribution in [0.2, 0.25) is 0 Å². The number of aromatic nitrogens is 1. The average molecular weight is 366 g/mol. The second-order valence-corrected chi connectivity index (χ2v) is 7.38. The zero-order valence-electron chi connectivity index (χ0n) is 16.1. The van der Waals surface area contributed by atoms with Crippen molar-refractivity contribution in [1.82, 2.24) is 9.88 Å². The van der Waals surface area contributed by atoms with E-state index in [4.69, 9.17) is 4.74 Å². The highest BCUT2D eigenvalue weighted by Crippen LogP contribution is 2.31. The van der Waals surface area contributed by atoms with Gasteiger partial charge in [0.05, 0.1) is 7.11 Å². The SMILES string of the molecule is CCN(CCc1c[nH]c2ccc(F)cc12)C1CCc2cccc(OC)c2C1. The molecule has 1 N–H and O–H groups in total. The van der Waals surface area contributed by atoms with Gasteiger partial charge in [0, 0.05) is 29.7 Å². The molecule has 4 heteroatoms. The molecule has 142 valence electrons. The summed E-state index contributed by atoms with van der Waals surface area (Å²) in [5.74, 6) is 0.840. The van der Waals surface area contributed by atoms with Crippen LogP contribution < -0.4 is 4.74 Å². The van der Waals surface area contributed by atoms with Crippen LogP contribution in [-0.4, -0.2) is 36.1 Å². The number of likely N-dealkylation sites (N-methyl/N-ethyl adjacent to an activating group) is 1. The lowest BCUT2D eigenvalue weighted by Gasteiger charge is -2.35. The molecule has 3 aromatic rings. The van der Waals surface area contributed by atoms with Crippen molar-refractivity contribution in [3.63, 3.8) is 0 Å². The van der Waals surface area contributed by atoms with Gasteiger partial charge in [-0.3, -0.25) is 4.90 Å². The second-order valence-electron chi connectivity index (χ2n) is 7.38. The van der Waals surface area contributed by atoms with Gasteiger partial charge in [-0.15, -0.1) is 0 Å². The van der Waals surface area contributed by atoms with E-state index in [1.54, 1.807) is 13.2 Å². The number of rotatable bonds is 6. The smallest absolute Gasteiger partial charge is 0.123 e. The highest BCUT2D eigenvalue weighted by Gasteiger charge is 2.25. The summed E-state index contributed by atoms with van der Waals surface area (Å²) in [6.07, 6.45) is 6.27. The van der Waals surface area contributed by atoms with Crippen molar-refractivity contribution >= 4 is 10.9 Å². The summed E-state index contributed by atoms with van der Waals surface area (Å²) in [4.78, 5) is 5.83. The largest absolute Gasteiger partial charge is 0.496 e. The van der Waals surface area contributed by atoms with Crippen LogP contribution in [0.25, 0.3) is 10.9 Å². The van der Waals surface area contributed by atoms with E-state index in [0.717, 1.165) is 49.0 Å². The summed E-state index contributed by atoms with van der Waals surface area (Å²) in [6, 6.07) is 11.9. The molecule has 2 aromatic carbocycles. The number of hydrogen-bond acceptors (Lipinski definition) is 2. The summed E-state index contributed by atoms with van der Waals surface area (Å²) in [7, 11) is 1.76. The molecular weight excluding hydrogens is 339 g/mol. The van der Waals surface area contributed by atoms with Crippen molar-refractivity contribution in [2.24, 2.45) is 0 Å². The van der Waals surface area contributed by atoms with Crippen molar-refractivity contribution in [2.75, 3.05) is 20.2 Å². The molecule has 1 aliphatic carbocycles. The van der Waals surface area contributed by atoms with Gasteiger partial charge in [-0.1, -0.05) is 19.1 Å². The van der Waals surface area contributed by atoms with Gasteiger partial charge in [-0.05, 0) is 73.2 Å². The molecule has 0 saturated carbocycles. The Morgan fingerprint density at radius 1 is 1.26 bits per heavy atom. The Kier molecular flexibility index (Phi) is 5.17. The Hall–Kier alpha value is -2.33. The summed E-state index contributed by atoms with van der Waals surface area (Å²) >= 11 is 0. The molecule has 0 fully saturated rings. The van der Waals surface area contributed by atoms with Crippen molar-refractivity contribution in [1.29, 1.82) is 0 Å². The van der Waals surface area contributed by atoms with Crippen LogP contribution in [0.3, 0.4) is 0 Å². The van der Waals surface area contributed by atoms with Crippen LogP contribution in [0.5, 0.6) is 5.75 Å². The molecule has 0 radical (unpaired) electrons. The number of nitrogens with one attached hydrogen (secondary N) is 1. The zero-order chi connectivity index (χ0) is 18.8. The molecule has 1 aliphatic rings. The van der Waals surface area contributed by atoms with Gasteiger partial charge in [0.15, 0.2) is 0 Å². The minimum absolute atomic E-state index is 0.174. The van der Waals surface area contributed by atoms with Crippen LogP contribution in [0.15, 0.2) is 42.6 Å². The fourth-order valence-corrected chi connectivity index (χ4v) is 4.46. The van der Waals surface area contributed by atoms with Crippen LogP contribution in [-0.2, 0) is 19.3 Å². The number of aryl methyl sites for hydroxylation is 1. The van der Waals surface area contributed by atoms with E-state index >= 15 is 0 Å². The predicted molar refractivity (Wildman–Crippen MR) is 108 cm³/mol. The van der Waals surface area contributed by atoms with E-state index in [1.807, 2.05) is 12.3 Å². The minimum atomic E-state index is -0.174. The van der Waals surface area contributed by atoms with Gasteiger partial charge in [-0.2, -0.15) is 0 Å². The quantitative estimate of drug-likeness (QED) is 0.683. The maximum Gasteiger partial charge on any atom is 0.123 e. The van der Waals surface area contributed by atoms with E-state index in [0.29, 0.717) is 6.04 Å². The Morgan fingerprint density at radius 3 is 2.96 bits per heavy atom. The number of fused-ring (bicyclic) bond motifs is 2. The highest BCUT2D eigenvalue weighted by atomic mass is 19.1. The first kappa shape index (κ1) is 18.1. The number of nitrogens with zero attached hydrogens (tertiary/aromatic N) is 1. The number of hydrogen-bond donors (Lipinski definition) is 1. The fourth-order valence-electron chi connectivity index (χ4n) is 4.46. The Morgan fingerprint density at radius 2 is 2.15 bits per heavy atom. The van der Waals surface area contributed by atoms with Gasteiger partial charge in [0.2, 0.25) is 0 Å². The maximum atomic E-state index is 13.6. The lowest BCUT2D eigenvalue weighted by molar-refractivity contribution is 0.190. The van der Waals surface area contributed by atoms with E-state index < -0.39 is 0 Å². The predicted octanol–water partition coefficient (Wildman–Crippen LogP) is 4.74. The molecule has 0 spiro atoms. The molecule has 3 nitrogen and oxygen atoms in total. The van der Waals surface area contributed by atoms with Gasteiger partial charge in [0.1, 0.15) is 11.6 Å². The standard InChI is InChI=1S/C23H27FN2O/c1-3-26(12-11-17-15-25-22-10-8-18(24)13-20(17)22)19-9-7-16-5-4-6-23(27-2)21(16)14-19/h4-6,8,10,13,15,19,25H,3,7,9,11-12,14H2,1-2H3. The average Bonchev–Trinajstić information content (AvgIpc) is 3.10. The molecular formula is C23H27FN2O. The van der Waals surface area contributed by atoms with Crippen LogP contribution in [0, 0.1) is 5.82 Å². The summed E-state index contributed by atoms with van der Waals surface area (Å²) in [6.45, 7) is 4.23.